The standard InChI is InChI=1S/C16H16N2O5/c1-21-12-6-4-5-11(14(12)22-2)15(19)18-13-8-7-10(9-17-13)16(20)23-3/h4-9H,1-3H3,(H,17,18,19). The maximum absolute atomic E-state index is 12.4. The van der Waals surface area contributed by atoms with Gasteiger partial charge in [-0.1, -0.05) is 6.07 Å². The summed E-state index contributed by atoms with van der Waals surface area (Å²) in [5.41, 5.74) is 0.607. The van der Waals surface area contributed by atoms with Crippen LogP contribution in [0.25, 0.3) is 0 Å². The summed E-state index contributed by atoms with van der Waals surface area (Å²) in [5.74, 6) is 0.185. The van der Waals surface area contributed by atoms with E-state index in [0.717, 1.165) is 0 Å². The summed E-state index contributed by atoms with van der Waals surface area (Å²) in [6.45, 7) is 0. The molecule has 0 spiro atoms. The van der Waals surface area contributed by atoms with E-state index in [2.05, 4.69) is 15.0 Å². The van der Waals surface area contributed by atoms with E-state index in [9.17, 15) is 9.59 Å². The largest absolute Gasteiger partial charge is 0.493 e. The Morgan fingerprint density at radius 3 is 2.39 bits per heavy atom. The van der Waals surface area contributed by atoms with Crippen molar-refractivity contribution < 1.29 is 23.8 Å². The van der Waals surface area contributed by atoms with Crippen molar-refractivity contribution in [2.45, 2.75) is 0 Å². The van der Waals surface area contributed by atoms with Crippen LogP contribution in [0.1, 0.15) is 20.7 Å². The molecule has 0 radical (unpaired) electrons. The average molecular weight is 316 g/mol. The number of ether oxygens (including phenoxy) is 3. The molecule has 0 saturated heterocycles. The first-order valence-electron chi connectivity index (χ1n) is 6.67. The number of anilines is 1. The summed E-state index contributed by atoms with van der Waals surface area (Å²) < 4.78 is 15.0. The predicted molar refractivity (Wildman–Crippen MR) is 83.1 cm³/mol. The minimum atomic E-state index is -0.496. The number of rotatable bonds is 5. The minimum Gasteiger partial charge on any atom is -0.493 e. The maximum atomic E-state index is 12.4. The molecule has 23 heavy (non-hydrogen) atoms. The highest BCUT2D eigenvalue weighted by atomic mass is 16.5. The van der Waals surface area contributed by atoms with Crippen molar-refractivity contribution in [3.8, 4) is 11.5 Å². The van der Waals surface area contributed by atoms with E-state index in [1.165, 1.54) is 39.7 Å². The number of benzene rings is 1. The van der Waals surface area contributed by atoms with Crippen LogP contribution in [0.4, 0.5) is 5.82 Å². The van der Waals surface area contributed by atoms with E-state index < -0.39 is 11.9 Å². The zero-order valence-electron chi connectivity index (χ0n) is 13.0. The fourth-order valence-corrected chi connectivity index (χ4v) is 1.96. The fraction of sp³-hybridized carbons (Fsp3) is 0.188. The first-order valence-corrected chi connectivity index (χ1v) is 6.67. The van der Waals surface area contributed by atoms with Crippen LogP contribution in [0.2, 0.25) is 0 Å². The number of pyridine rings is 1. The van der Waals surface area contributed by atoms with E-state index in [1.54, 1.807) is 18.2 Å². The highest BCUT2D eigenvalue weighted by Gasteiger charge is 2.17. The van der Waals surface area contributed by atoms with Gasteiger partial charge in [-0.2, -0.15) is 0 Å². The van der Waals surface area contributed by atoms with Gasteiger partial charge in [-0.15, -0.1) is 0 Å². The molecule has 2 rings (SSSR count). The summed E-state index contributed by atoms with van der Waals surface area (Å²) in [6, 6.07) is 8.01. The lowest BCUT2D eigenvalue weighted by Crippen LogP contribution is -2.15. The van der Waals surface area contributed by atoms with Gasteiger partial charge in [-0.3, -0.25) is 4.79 Å². The second-order valence-corrected chi connectivity index (χ2v) is 4.42. The van der Waals surface area contributed by atoms with Crippen molar-refractivity contribution in [2.75, 3.05) is 26.6 Å². The Bertz CT molecular complexity index is 713. The molecule has 2 aromatic rings. The van der Waals surface area contributed by atoms with E-state index in [0.29, 0.717) is 28.4 Å². The van der Waals surface area contributed by atoms with Crippen LogP contribution < -0.4 is 14.8 Å². The molecule has 0 bridgehead atoms. The molecule has 1 heterocycles. The third-order valence-electron chi connectivity index (χ3n) is 3.07. The van der Waals surface area contributed by atoms with Gasteiger partial charge in [0, 0.05) is 6.20 Å². The minimum absolute atomic E-state index is 0.296. The van der Waals surface area contributed by atoms with E-state index >= 15 is 0 Å². The van der Waals surface area contributed by atoms with Crippen LogP contribution in [0, 0.1) is 0 Å². The molecular weight excluding hydrogens is 300 g/mol. The summed E-state index contributed by atoms with van der Waals surface area (Å²) in [7, 11) is 4.23. The Morgan fingerprint density at radius 1 is 1.04 bits per heavy atom. The SMILES string of the molecule is COC(=O)c1ccc(NC(=O)c2cccc(OC)c2OC)nc1. The van der Waals surface area contributed by atoms with Gasteiger partial charge in [0.1, 0.15) is 5.82 Å². The zero-order chi connectivity index (χ0) is 16.8. The predicted octanol–water partition coefficient (Wildman–Crippen LogP) is 2.14. The first kappa shape index (κ1) is 16.3. The van der Waals surface area contributed by atoms with Crippen LogP contribution in [-0.4, -0.2) is 38.2 Å². The molecule has 0 aliphatic heterocycles. The summed E-state index contributed by atoms with van der Waals surface area (Å²) in [5, 5.41) is 2.63. The first-order chi connectivity index (χ1) is 11.1. The van der Waals surface area contributed by atoms with Crippen molar-refractivity contribution in [3.63, 3.8) is 0 Å². The molecule has 0 unspecified atom stereocenters. The summed E-state index contributed by atoms with van der Waals surface area (Å²) in [4.78, 5) is 27.7. The van der Waals surface area contributed by atoms with Gasteiger partial charge in [0.25, 0.3) is 5.91 Å². The number of aromatic nitrogens is 1. The van der Waals surface area contributed by atoms with Gasteiger partial charge >= 0.3 is 5.97 Å². The number of para-hydroxylation sites is 1. The number of hydrogen-bond donors (Lipinski definition) is 1. The summed E-state index contributed by atoms with van der Waals surface area (Å²) in [6.07, 6.45) is 1.32. The van der Waals surface area contributed by atoms with Gasteiger partial charge in [0.2, 0.25) is 0 Å². The number of carbonyl (C=O) groups excluding carboxylic acids is 2. The van der Waals surface area contributed by atoms with Crippen LogP contribution in [0.15, 0.2) is 36.5 Å². The molecule has 0 aliphatic rings. The van der Waals surface area contributed by atoms with Gasteiger partial charge in [-0.25, -0.2) is 9.78 Å². The van der Waals surface area contributed by atoms with E-state index in [4.69, 9.17) is 9.47 Å². The topological polar surface area (TPSA) is 86.8 Å². The van der Waals surface area contributed by atoms with E-state index in [-0.39, 0.29) is 0 Å². The molecule has 0 fully saturated rings. The molecule has 1 aromatic carbocycles. The second-order valence-electron chi connectivity index (χ2n) is 4.42. The third-order valence-corrected chi connectivity index (χ3v) is 3.07. The lowest BCUT2D eigenvalue weighted by Gasteiger charge is -2.12. The molecule has 1 amide bonds. The Labute approximate surface area is 133 Å². The van der Waals surface area contributed by atoms with Crippen LogP contribution in [-0.2, 0) is 4.74 Å². The van der Waals surface area contributed by atoms with Crippen LogP contribution in [0.5, 0.6) is 11.5 Å². The number of amides is 1. The Morgan fingerprint density at radius 2 is 1.83 bits per heavy atom. The zero-order valence-corrected chi connectivity index (χ0v) is 13.0. The lowest BCUT2D eigenvalue weighted by molar-refractivity contribution is 0.0600. The third kappa shape index (κ3) is 3.57. The number of esters is 1. The van der Waals surface area contributed by atoms with Gasteiger partial charge in [0.15, 0.2) is 11.5 Å². The van der Waals surface area contributed by atoms with Gasteiger partial charge in [0.05, 0.1) is 32.5 Å². The monoisotopic (exact) mass is 316 g/mol. The van der Waals surface area contributed by atoms with Crippen molar-refractivity contribution in [1.29, 1.82) is 0 Å². The normalized spacial score (nSPS) is 9.87. The molecule has 1 N–H and O–H groups in total. The Kier molecular flexibility index (Phi) is 5.14. The van der Waals surface area contributed by atoms with Crippen LogP contribution >= 0.6 is 0 Å². The molecule has 120 valence electrons. The Balaban J connectivity index is 2.21. The molecule has 0 atom stereocenters. The van der Waals surface area contributed by atoms with E-state index in [1.807, 2.05) is 0 Å². The highest BCUT2D eigenvalue weighted by Crippen LogP contribution is 2.31. The quantitative estimate of drug-likeness (QED) is 0.850. The number of nitrogens with one attached hydrogen (secondary N) is 1. The van der Waals surface area contributed by atoms with Gasteiger partial charge in [-0.05, 0) is 24.3 Å². The summed E-state index contributed by atoms with van der Waals surface area (Å²) >= 11 is 0. The number of carbonyl (C=O) groups is 2. The van der Waals surface area contributed by atoms with Gasteiger partial charge < -0.3 is 19.5 Å². The lowest BCUT2D eigenvalue weighted by atomic mass is 10.1. The number of hydrogen-bond acceptors (Lipinski definition) is 6. The van der Waals surface area contributed by atoms with Crippen LogP contribution in [0.3, 0.4) is 0 Å². The molecule has 7 nitrogen and oxygen atoms in total. The maximum Gasteiger partial charge on any atom is 0.339 e. The number of nitrogens with zero attached hydrogens (tertiary/aromatic N) is 1. The average Bonchev–Trinajstić information content (AvgIpc) is 2.60. The smallest absolute Gasteiger partial charge is 0.339 e. The Hall–Kier alpha value is -3.09. The fourth-order valence-electron chi connectivity index (χ4n) is 1.96. The van der Waals surface area contributed by atoms with Crippen molar-refractivity contribution in [1.82, 2.24) is 4.98 Å². The molecule has 1 aromatic heterocycles. The molecule has 0 saturated carbocycles. The van der Waals surface area contributed by atoms with Crippen molar-refractivity contribution in [3.05, 3.63) is 47.7 Å². The van der Waals surface area contributed by atoms with Crippen molar-refractivity contribution in [2.24, 2.45) is 0 Å². The molecule has 0 aliphatic carbocycles. The second kappa shape index (κ2) is 7.26. The number of methoxy groups -OCH3 is 3. The highest BCUT2D eigenvalue weighted by molar-refractivity contribution is 6.06. The molecular formula is C16H16N2O5. The molecule has 7 heteroatoms. The van der Waals surface area contributed by atoms with Crippen molar-refractivity contribution >= 4 is 17.7 Å².